The van der Waals surface area contributed by atoms with Gasteiger partial charge in [0.2, 0.25) is 0 Å². The largest absolute Gasteiger partial charge is 0.397 e. The molecule has 3 aromatic carbocycles. The summed E-state index contributed by atoms with van der Waals surface area (Å²) in [5.41, 5.74) is 9.94. The average Bonchev–Trinajstić information content (AvgIpc) is 2.63. The van der Waals surface area contributed by atoms with E-state index in [1.54, 1.807) is 25.2 Å². The van der Waals surface area contributed by atoms with Crippen molar-refractivity contribution in [3.63, 3.8) is 0 Å². The third-order valence-electron chi connectivity index (χ3n) is 3.89. The Balaban J connectivity index is 1.90. The zero-order valence-corrected chi connectivity index (χ0v) is 14.5. The Morgan fingerprint density at radius 1 is 0.920 bits per heavy atom. The molecular formula is C20H18ClN3O. The Hall–Kier alpha value is -2.98. The third-order valence-corrected chi connectivity index (χ3v) is 4.21. The highest BCUT2D eigenvalue weighted by atomic mass is 35.5. The monoisotopic (exact) mass is 351 g/mol. The van der Waals surface area contributed by atoms with Gasteiger partial charge in [0.1, 0.15) is 0 Å². The third kappa shape index (κ3) is 3.59. The summed E-state index contributed by atoms with van der Waals surface area (Å²) in [6.45, 7) is 0. The molecule has 0 aliphatic rings. The highest BCUT2D eigenvalue weighted by Crippen LogP contribution is 2.29. The fourth-order valence-corrected chi connectivity index (χ4v) is 2.85. The average molecular weight is 352 g/mol. The maximum atomic E-state index is 12.8. The molecule has 0 heterocycles. The number of hydrogen-bond acceptors (Lipinski definition) is 4. The molecule has 5 heteroatoms. The molecule has 0 radical (unpaired) electrons. The lowest BCUT2D eigenvalue weighted by Gasteiger charge is -2.12. The molecule has 25 heavy (non-hydrogen) atoms. The van der Waals surface area contributed by atoms with Crippen molar-refractivity contribution in [2.24, 2.45) is 0 Å². The molecule has 0 spiro atoms. The van der Waals surface area contributed by atoms with E-state index in [1.165, 1.54) is 0 Å². The lowest BCUT2D eigenvalue weighted by atomic mass is 10.0. The van der Waals surface area contributed by atoms with Crippen LogP contribution in [0.2, 0.25) is 5.02 Å². The number of benzene rings is 3. The topological polar surface area (TPSA) is 67.2 Å². The highest BCUT2D eigenvalue weighted by molar-refractivity contribution is 6.35. The van der Waals surface area contributed by atoms with Gasteiger partial charge in [-0.25, -0.2) is 0 Å². The number of carbonyl (C=O) groups excluding carboxylic acids is 1. The Kier molecular flexibility index (Phi) is 4.91. The van der Waals surface area contributed by atoms with Crippen LogP contribution in [0.3, 0.4) is 0 Å². The van der Waals surface area contributed by atoms with Crippen LogP contribution in [0.25, 0.3) is 0 Å². The summed E-state index contributed by atoms with van der Waals surface area (Å²) in [7, 11) is 1.78. The molecular weight excluding hydrogens is 334 g/mol. The standard InChI is InChI=1S/C20H18ClN3O/c1-23-18-8-4-2-6-15(18)20(25)14-11-10-13(12-16(14)21)24-19-9-5-3-7-17(19)22/h2-12,23-24H,22H2,1H3. The maximum Gasteiger partial charge on any atom is 0.196 e. The van der Waals surface area contributed by atoms with Crippen molar-refractivity contribution in [2.45, 2.75) is 0 Å². The van der Waals surface area contributed by atoms with Crippen LogP contribution in [0.1, 0.15) is 15.9 Å². The molecule has 4 nitrogen and oxygen atoms in total. The summed E-state index contributed by atoms with van der Waals surface area (Å²) in [5.74, 6) is -0.124. The first-order valence-corrected chi connectivity index (χ1v) is 8.20. The van der Waals surface area contributed by atoms with Gasteiger partial charge >= 0.3 is 0 Å². The number of hydrogen-bond donors (Lipinski definition) is 3. The number of nitrogens with two attached hydrogens (primary N) is 1. The van der Waals surface area contributed by atoms with Crippen LogP contribution in [-0.2, 0) is 0 Å². The minimum absolute atomic E-state index is 0.124. The molecule has 4 N–H and O–H groups in total. The number of ketones is 1. The molecule has 126 valence electrons. The van der Waals surface area contributed by atoms with E-state index in [-0.39, 0.29) is 5.78 Å². The molecule has 0 saturated carbocycles. The lowest BCUT2D eigenvalue weighted by Crippen LogP contribution is -2.06. The summed E-state index contributed by atoms with van der Waals surface area (Å²) in [6, 6.07) is 20.1. The van der Waals surface area contributed by atoms with E-state index in [0.29, 0.717) is 21.8 Å². The van der Waals surface area contributed by atoms with Gasteiger partial charge in [-0.2, -0.15) is 0 Å². The first kappa shape index (κ1) is 16.9. The smallest absolute Gasteiger partial charge is 0.196 e. The quantitative estimate of drug-likeness (QED) is 0.450. The van der Waals surface area contributed by atoms with Crippen LogP contribution in [0.15, 0.2) is 66.7 Å². The van der Waals surface area contributed by atoms with Gasteiger partial charge in [0.25, 0.3) is 0 Å². The van der Waals surface area contributed by atoms with E-state index in [0.717, 1.165) is 17.1 Å². The van der Waals surface area contributed by atoms with Crippen molar-refractivity contribution in [1.82, 2.24) is 0 Å². The number of rotatable bonds is 5. The molecule has 0 saturated heterocycles. The van der Waals surface area contributed by atoms with E-state index >= 15 is 0 Å². The zero-order valence-electron chi connectivity index (χ0n) is 13.7. The minimum atomic E-state index is -0.124. The molecule has 3 aromatic rings. The van der Waals surface area contributed by atoms with Crippen molar-refractivity contribution < 1.29 is 4.79 Å². The number of halogens is 1. The van der Waals surface area contributed by atoms with Crippen molar-refractivity contribution in [1.29, 1.82) is 0 Å². The Morgan fingerprint density at radius 3 is 2.28 bits per heavy atom. The Morgan fingerprint density at radius 2 is 1.60 bits per heavy atom. The molecule has 0 fully saturated rings. The fraction of sp³-hybridized carbons (Fsp3) is 0.0500. The SMILES string of the molecule is CNc1ccccc1C(=O)c1ccc(Nc2ccccc2N)cc1Cl. The predicted octanol–water partition coefficient (Wildman–Crippen LogP) is 4.94. The van der Waals surface area contributed by atoms with E-state index in [1.807, 2.05) is 48.5 Å². The molecule has 0 unspecified atom stereocenters. The van der Waals surface area contributed by atoms with Gasteiger partial charge in [-0.05, 0) is 42.5 Å². The molecule has 0 aromatic heterocycles. The van der Waals surface area contributed by atoms with Gasteiger partial charge in [-0.1, -0.05) is 35.9 Å². The predicted molar refractivity (Wildman–Crippen MR) is 105 cm³/mol. The van der Waals surface area contributed by atoms with Gasteiger partial charge in [0.15, 0.2) is 5.78 Å². The fourth-order valence-electron chi connectivity index (χ4n) is 2.59. The molecule has 3 rings (SSSR count). The number of nitrogen functional groups attached to an aromatic ring is 1. The number of para-hydroxylation sites is 3. The molecule has 0 aliphatic carbocycles. The molecule has 0 atom stereocenters. The second-order valence-corrected chi connectivity index (χ2v) is 5.94. The van der Waals surface area contributed by atoms with Gasteiger partial charge in [0, 0.05) is 29.5 Å². The summed E-state index contributed by atoms with van der Waals surface area (Å²) in [6.07, 6.45) is 0. The van der Waals surface area contributed by atoms with E-state index < -0.39 is 0 Å². The van der Waals surface area contributed by atoms with Crippen molar-refractivity contribution in [3.8, 4) is 0 Å². The van der Waals surface area contributed by atoms with Crippen molar-refractivity contribution in [2.75, 3.05) is 23.4 Å². The van der Waals surface area contributed by atoms with E-state index in [2.05, 4.69) is 10.6 Å². The summed E-state index contributed by atoms with van der Waals surface area (Å²) in [4.78, 5) is 12.8. The summed E-state index contributed by atoms with van der Waals surface area (Å²) in [5, 5.41) is 6.62. The normalized spacial score (nSPS) is 10.3. The van der Waals surface area contributed by atoms with Crippen LogP contribution in [-0.4, -0.2) is 12.8 Å². The summed E-state index contributed by atoms with van der Waals surface area (Å²) >= 11 is 6.36. The van der Waals surface area contributed by atoms with Gasteiger partial charge in [-0.3, -0.25) is 4.79 Å². The minimum Gasteiger partial charge on any atom is -0.397 e. The van der Waals surface area contributed by atoms with Crippen LogP contribution in [0.4, 0.5) is 22.7 Å². The van der Waals surface area contributed by atoms with Crippen molar-refractivity contribution in [3.05, 3.63) is 82.9 Å². The van der Waals surface area contributed by atoms with Crippen LogP contribution in [0.5, 0.6) is 0 Å². The number of carbonyl (C=O) groups is 1. The Bertz CT molecular complexity index is 924. The van der Waals surface area contributed by atoms with Crippen LogP contribution >= 0.6 is 11.6 Å². The highest BCUT2D eigenvalue weighted by Gasteiger charge is 2.16. The van der Waals surface area contributed by atoms with E-state index in [4.69, 9.17) is 17.3 Å². The van der Waals surface area contributed by atoms with Gasteiger partial charge in [0.05, 0.1) is 16.4 Å². The molecule has 0 amide bonds. The number of anilines is 4. The van der Waals surface area contributed by atoms with Gasteiger partial charge < -0.3 is 16.4 Å². The van der Waals surface area contributed by atoms with Crippen LogP contribution < -0.4 is 16.4 Å². The molecule has 0 aliphatic heterocycles. The van der Waals surface area contributed by atoms with E-state index in [9.17, 15) is 4.79 Å². The van der Waals surface area contributed by atoms with Crippen molar-refractivity contribution >= 4 is 40.1 Å². The summed E-state index contributed by atoms with van der Waals surface area (Å²) < 4.78 is 0. The Labute approximate surface area is 151 Å². The lowest BCUT2D eigenvalue weighted by molar-refractivity contribution is 0.103. The first-order chi connectivity index (χ1) is 12.1. The number of nitrogens with one attached hydrogen (secondary N) is 2. The molecule has 0 bridgehead atoms. The zero-order chi connectivity index (χ0) is 17.8. The van der Waals surface area contributed by atoms with Crippen LogP contribution in [0, 0.1) is 0 Å². The second-order valence-electron chi connectivity index (χ2n) is 5.53. The maximum absolute atomic E-state index is 12.8. The first-order valence-electron chi connectivity index (χ1n) is 7.82. The second kappa shape index (κ2) is 7.28. The van der Waals surface area contributed by atoms with Gasteiger partial charge in [-0.15, -0.1) is 0 Å².